The van der Waals surface area contributed by atoms with Crippen LogP contribution in [0.5, 0.6) is 5.75 Å². The van der Waals surface area contributed by atoms with Crippen LogP contribution in [0.1, 0.15) is 0 Å². The summed E-state index contributed by atoms with van der Waals surface area (Å²) in [5.41, 5.74) is 0.973. The molecule has 0 heterocycles. The zero-order chi connectivity index (χ0) is 9.84. The van der Waals surface area contributed by atoms with Crippen molar-refractivity contribution >= 4 is 21.6 Å². The quantitative estimate of drug-likeness (QED) is 0.880. The number of nitrogens with zero attached hydrogens (tertiary/aromatic N) is 1. The van der Waals surface area contributed by atoms with Gasteiger partial charge in [0.15, 0.2) is 0 Å². The molecule has 2 nitrogen and oxygen atoms in total. The molecule has 0 saturated carbocycles. The highest BCUT2D eigenvalue weighted by atomic mass is 79.9. The van der Waals surface area contributed by atoms with Crippen LogP contribution in [0.4, 0.5) is 5.69 Å². The van der Waals surface area contributed by atoms with Gasteiger partial charge in [0.2, 0.25) is 0 Å². The third-order valence-corrected chi connectivity index (χ3v) is 1.93. The molecule has 70 valence electrons. The van der Waals surface area contributed by atoms with Gasteiger partial charge in [0.1, 0.15) is 5.75 Å². The normalized spacial score (nSPS) is 9.69. The van der Waals surface area contributed by atoms with Crippen LogP contribution in [-0.4, -0.2) is 18.7 Å². The zero-order valence-electron chi connectivity index (χ0n) is 7.50. The summed E-state index contributed by atoms with van der Waals surface area (Å²) in [6.45, 7) is 4.48. The maximum Gasteiger partial charge on any atom is 0.117 e. The number of halogens is 1. The van der Waals surface area contributed by atoms with Gasteiger partial charge in [0, 0.05) is 29.8 Å². The van der Waals surface area contributed by atoms with E-state index in [4.69, 9.17) is 0 Å². The lowest BCUT2D eigenvalue weighted by Crippen LogP contribution is -2.17. The van der Waals surface area contributed by atoms with Crippen molar-refractivity contribution in [1.29, 1.82) is 0 Å². The molecule has 0 aromatic heterocycles. The van der Waals surface area contributed by atoms with Crippen LogP contribution in [-0.2, 0) is 0 Å². The van der Waals surface area contributed by atoms with Crippen LogP contribution in [0.15, 0.2) is 35.3 Å². The van der Waals surface area contributed by atoms with Crippen molar-refractivity contribution in [2.45, 2.75) is 0 Å². The van der Waals surface area contributed by atoms with E-state index in [1.165, 1.54) is 0 Å². The lowest BCUT2D eigenvalue weighted by Gasteiger charge is -2.18. The van der Waals surface area contributed by atoms with Crippen molar-refractivity contribution in [3.05, 3.63) is 35.3 Å². The number of rotatable bonds is 3. The average molecular weight is 242 g/mol. The third kappa shape index (κ3) is 3.11. The van der Waals surface area contributed by atoms with Crippen molar-refractivity contribution in [3.8, 4) is 5.75 Å². The molecule has 0 bridgehead atoms. The first-order valence-electron chi connectivity index (χ1n) is 3.93. The van der Waals surface area contributed by atoms with Gasteiger partial charge >= 0.3 is 0 Å². The first-order valence-corrected chi connectivity index (χ1v) is 4.72. The van der Waals surface area contributed by atoms with Gasteiger partial charge in [-0.2, -0.15) is 0 Å². The van der Waals surface area contributed by atoms with Crippen LogP contribution < -0.4 is 4.90 Å². The van der Waals surface area contributed by atoms with Crippen molar-refractivity contribution in [1.82, 2.24) is 0 Å². The van der Waals surface area contributed by atoms with E-state index in [2.05, 4.69) is 22.5 Å². The fraction of sp³-hybridized carbons (Fsp3) is 0.200. The van der Waals surface area contributed by atoms with Gasteiger partial charge in [-0.3, -0.25) is 0 Å². The molecule has 0 aliphatic rings. The summed E-state index contributed by atoms with van der Waals surface area (Å²) in [5.74, 6) is 0.282. The first-order chi connectivity index (χ1) is 6.09. The summed E-state index contributed by atoms with van der Waals surface area (Å²) in [7, 11) is 1.95. The second-order valence-corrected chi connectivity index (χ2v) is 4.01. The molecule has 0 saturated heterocycles. The Kier molecular flexibility index (Phi) is 3.37. The second kappa shape index (κ2) is 4.33. The largest absolute Gasteiger partial charge is 0.508 e. The Hall–Kier alpha value is -0.960. The minimum atomic E-state index is 0.282. The van der Waals surface area contributed by atoms with Gasteiger partial charge in [-0.05, 0) is 12.1 Å². The number of anilines is 1. The molecule has 0 atom stereocenters. The summed E-state index contributed by atoms with van der Waals surface area (Å²) in [5, 5.41) is 9.24. The Balaban J connectivity index is 2.76. The van der Waals surface area contributed by atoms with E-state index >= 15 is 0 Å². The predicted octanol–water partition coefficient (Wildman–Crippen LogP) is 2.74. The molecule has 13 heavy (non-hydrogen) atoms. The molecule has 0 aliphatic carbocycles. The fourth-order valence-electron chi connectivity index (χ4n) is 1.08. The average Bonchev–Trinajstić information content (AvgIpc) is 2.03. The molecule has 0 amide bonds. The van der Waals surface area contributed by atoms with Gasteiger partial charge in [0.05, 0.1) is 0 Å². The molecule has 0 aliphatic heterocycles. The number of hydrogen-bond acceptors (Lipinski definition) is 2. The highest BCUT2D eigenvalue weighted by Gasteiger charge is 2.01. The maximum atomic E-state index is 9.24. The topological polar surface area (TPSA) is 23.5 Å². The maximum absolute atomic E-state index is 9.24. The molecule has 1 aromatic rings. The molecule has 1 aromatic carbocycles. The van der Waals surface area contributed by atoms with Gasteiger partial charge in [0.25, 0.3) is 0 Å². The Morgan fingerprint density at radius 2 is 2.31 bits per heavy atom. The number of phenols is 1. The Morgan fingerprint density at radius 3 is 2.85 bits per heavy atom. The lowest BCUT2D eigenvalue weighted by atomic mass is 10.3. The third-order valence-electron chi connectivity index (χ3n) is 1.68. The van der Waals surface area contributed by atoms with Crippen LogP contribution in [0.2, 0.25) is 0 Å². The standard InChI is InChI=1S/C10H12BrNO/c1-8(11)7-12(2)9-4-3-5-10(13)6-9/h3-6,13H,1,7H2,2H3. The van der Waals surface area contributed by atoms with Crippen molar-refractivity contribution < 1.29 is 5.11 Å². The minimum Gasteiger partial charge on any atom is -0.508 e. The molecule has 1 N–H and O–H groups in total. The number of likely N-dealkylation sites (N-methyl/N-ethyl adjacent to an activating group) is 1. The molecule has 1 rings (SSSR count). The lowest BCUT2D eigenvalue weighted by molar-refractivity contribution is 0.475. The summed E-state index contributed by atoms with van der Waals surface area (Å²) < 4.78 is 0.915. The SMILES string of the molecule is C=C(Br)CN(C)c1cccc(O)c1. The van der Waals surface area contributed by atoms with E-state index < -0.39 is 0 Å². The zero-order valence-corrected chi connectivity index (χ0v) is 9.08. The molecule has 3 heteroatoms. The predicted molar refractivity (Wildman–Crippen MR) is 59.4 cm³/mol. The summed E-state index contributed by atoms with van der Waals surface area (Å²) in [6, 6.07) is 7.13. The summed E-state index contributed by atoms with van der Waals surface area (Å²) in [4.78, 5) is 2.00. The molecule has 0 radical (unpaired) electrons. The highest BCUT2D eigenvalue weighted by molar-refractivity contribution is 9.11. The Labute approximate surface area is 86.6 Å². The summed E-state index contributed by atoms with van der Waals surface area (Å²) in [6.07, 6.45) is 0. The molecule has 0 spiro atoms. The number of benzene rings is 1. The molecular weight excluding hydrogens is 230 g/mol. The monoisotopic (exact) mass is 241 g/mol. The van der Waals surface area contributed by atoms with Gasteiger partial charge in [-0.15, -0.1) is 0 Å². The second-order valence-electron chi connectivity index (χ2n) is 2.89. The van der Waals surface area contributed by atoms with E-state index in [-0.39, 0.29) is 5.75 Å². The van der Waals surface area contributed by atoms with Crippen LogP contribution in [0.25, 0.3) is 0 Å². The van der Waals surface area contributed by atoms with Crippen LogP contribution in [0.3, 0.4) is 0 Å². The summed E-state index contributed by atoms with van der Waals surface area (Å²) >= 11 is 3.29. The van der Waals surface area contributed by atoms with Gasteiger partial charge in [-0.1, -0.05) is 28.6 Å². The molecule has 0 unspecified atom stereocenters. The van der Waals surface area contributed by atoms with E-state index in [0.29, 0.717) is 0 Å². The highest BCUT2D eigenvalue weighted by Crippen LogP contribution is 2.19. The van der Waals surface area contributed by atoms with Crippen molar-refractivity contribution in [2.75, 3.05) is 18.5 Å². The smallest absolute Gasteiger partial charge is 0.117 e. The van der Waals surface area contributed by atoms with Gasteiger partial charge < -0.3 is 10.0 Å². The number of phenolic OH excluding ortho intramolecular Hbond substituents is 1. The van der Waals surface area contributed by atoms with Crippen LogP contribution in [0, 0.1) is 0 Å². The van der Waals surface area contributed by atoms with E-state index in [1.54, 1.807) is 12.1 Å². The number of hydrogen-bond donors (Lipinski definition) is 1. The van der Waals surface area contributed by atoms with E-state index in [9.17, 15) is 5.11 Å². The molecular formula is C10H12BrNO. The van der Waals surface area contributed by atoms with Crippen molar-refractivity contribution in [2.24, 2.45) is 0 Å². The fourth-order valence-corrected chi connectivity index (χ4v) is 1.46. The van der Waals surface area contributed by atoms with Crippen LogP contribution >= 0.6 is 15.9 Å². The Morgan fingerprint density at radius 1 is 1.62 bits per heavy atom. The first kappa shape index (κ1) is 10.1. The van der Waals surface area contributed by atoms with E-state index in [0.717, 1.165) is 16.7 Å². The van der Waals surface area contributed by atoms with Crippen molar-refractivity contribution in [3.63, 3.8) is 0 Å². The molecule has 0 fully saturated rings. The van der Waals surface area contributed by atoms with E-state index in [1.807, 2.05) is 24.1 Å². The van der Waals surface area contributed by atoms with Gasteiger partial charge in [-0.25, -0.2) is 0 Å². The number of aromatic hydroxyl groups is 1. The minimum absolute atomic E-state index is 0.282. The Bertz CT molecular complexity index is 312.